The molecule has 0 unspecified atom stereocenters. The van der Waals surface area contributed by atoms with E-state index in [4.69, 9.17) is 4.42 Å². The molecule has 144 valence electrons. The summed E-state index contributed by atoms with van der Waals surface area (Å²) in [5.41, 5.74) is 3.26. The lowest BCUT2D eigenvalue weighted by Gasteiger charge is -2.11. The number of carbonyl (C=O) groups is 1. The number of nitrogens with zero attached hydrogens (tertiary/aromatic N) is 1. The van der Waals surface area contributed by atoms with Gasteiger partial charge in [-0.15, -0.1) is 0 Å². The van der Waals surface area contributed by atoms with Crippen LogP contribution in [0.25, 0.3) is 22.6 Å². The van der Waals surface area contributed by atoms with E-state index in [1.165, 1.54) is 6.07 Å². The highest BCUT2D eigenvalue weighted by atomic mass is 19.1. The minimum atomic E-state index is -0.300. The predicted molar refractivity (Wildman–Crippen MR) is 108 cm³/mol. The Hall–Kier alpha value is -2.75. The summed E-state index contributed by atoms with van der Waals surface area (Å²) in [6.45, 7) is 5.88. The molecule has 0 aliphatic heterocycles. The van der Waals surface area contributed by atoms with Crippen LogP contribution in [0.4, 0.5) is 4.39 Å². The van der Waals surface area contributed by atoms with Crippen molar-refractivity contribution >= 4 is 5.78 Å². The first-order valence-corrected chi connectivity index (χ1v) is 9.81. The van der Waals surface area contributed by atoms with E-state index < -0.39 is 0 Å². The molecule has 3 aromatic rings. The van der Waals surface area contributed by atoms with Crippen LogP contribution in [-0.4, -0.2) is 10.8 Å². The van der Waals surface area contributed by atoms with Crippen molar-refractivity contribution in [3.05, 3.63) is 65.3 Å². The van der Waals surface area contributed by atoms with Crippen molar-refractivity contribution in [2.24, 2.45) is 5.92 Å². The third-order valence-corrected chi connectivity index (χ3v) is 5.03. The number of rotatable bonds is 6. The molecule has 4 rings (SSSR count). The lowest BCUT2D eigenvalue weighted by atomic mass is 9.94. The van der Waals surface area contributed by atoms with E-state index in [0.717, 1.165) is 24.2 Å². The zero-order valence-corrected chi connectivity index (χ0v) is 16.5. The number of hydrogen-bond donors (Lipinski definition) is 0. The molecule has 0 spiro atoms. The fourth-order valence-corrected chi connectivity index (χ4v) is 3.39. The fraction of sp³-hybridized carbons (Fsp3) is 0.333. The number of carbonyl (C=O) groups excluding carboxylic acids is 1. The van der Waals surface area contributed by atoms with Crippen LogP contribution in [0.15, 0.2) is 47.0 Å². The number of halogens is 1. The summed E-state index contributed by atoms with van der Waals surface area (Å²) in [7, 11) is 0. The van der Waals surface area contributed by atoms with Crippen molar-refractivity contribution in [2.45, 2.75) is 46.0 Å². The molecule has 1 saturated carbocycles. The molecule has 1 fully saturated rings. The molecule has 1 heterocycles. The van der Waals surface area contributed by atoms with Crippen LogP contribution in [0.5, 0.6) is 0 Å². The van der Waals surface area contributed by atoms with Crippen LogP contribution < -0.4 is 0 Å². The van der Waals surface area contributed by atoms with Crippen LogP contribution in [0.1, 0.15) is 60.7 Å². The van der Waals surface area contributed by atoms with Gasteiger partial charge in [0.05, 0.1) is 6.20 Å². The number of aromatic nitrogens is 1. The molecule has 0 atom stereocenters. The zero-order chi connectivity index (χ0) is 19.8. The standard InChI is InChI=1S/C24H24FNO2/c1-14(2)8-22(27)18-10-17(20-7-4-15(3)9-21(20)25)11-19(12-18)24-26-13-23(28-24)16-5-6-16/h4,7,9-14,16H,5-6,8H2,1-3H3. The average molecular weight is 377 g/mol. The molecule has 1 aliphatic carbocycles. The predicted octanol–water partition coefficient (Wildman–Crippen LogP) is 6.56. The average Bonchev–Trinajstić information content (AvgIpc) is 3.37. The van der Waals surface area contributed by atoms with E-state index in [-0.39, 0.29) is 17.5 Å². The number of oxazole rings is 1. The smallest absolute Gasteiger partial charge is 0.226 e. The minimum absolute atomic E-state index is 0.0413. The van der Waals surface area contributed by atoms with Crippen molar-refractivity contribution in [3.63, 3.8) is 0 Å². The molecule has 3 nitrogen and oxygen atoms in total. The van der Waals surface area contributed by atoms with Gasteiger partial charge in [-0.1, -0.05) is 26.0 Å². The van der Waals surface area contributed by atoms with E-state index in [1.807, 2.05) is 39.0 Å². The lowest BCUT2D eigenvalue weighted by molar-refractivity contribution is 0.0968. The highest BCUT2D eigenvalue weighted by Gasteiger charge is 2.28. The second-order valence-electron chi connectivity index (χ2n) is 8.15. The molecule has 4 heteroatoms. The second-order valence-corrected chi connectivity index (χ2v) is 8.15. The van der Waals surface area contributed by atoms with Crippen LogP contribution >= 0.6 is 0 Å². The lowest BCUT2D eigenvalue weighted by Crippen LogP contribution is -2.04. The summed E-state index contributed by atoms with van der Waals surface area (Å²) in [5, 5.41) is 0. The summed E-state index contributed by atoms with van der Waals surface area (Å²) in [5.74, 6) is 1.82. The summed E-state index contributed by atoms with van der Waals surface area (Å²) in [6, 6.07) is 10.6. The fourth-order valence-electron chi connectivity index (χ4n) is 3.39. The first-order chi connectivity index (χ1) is 13.4. The Labute approximate surface area is 164 Å². The SMILES string of the molecule is Cc1ccc(-c2cc(C(=O)CC(C)C)cc(-c3ncc(C4CC4)o3)c2)c(F)c1. The highest BCUT2D eigenvalue weighted by Crippen LogP contribution is 2.41. The van der Waals surface area contributed by atoms with Crippen molar-refractivity contribution in [1.82, 2.24) is 4.98 Å². The van der Waals surface area contributed by atoms with E-state index >= 15 is 0 Å². The molecular weight excluding hydrogens is 353 g/mol. The maximum Gasteiger partial charge on any atom is 0.226 e. The number of aryl methyl sites for hydroxylation is 1. The third kappa shape index (κ3) is 3.91. The Balaban J connectivity index is 1.81. The Morgan fingerprint density at radius 2 is 1.93 bits per heavy atom. The monoisotopic (exact) mass is 377 g/mol. The maximum absolute atomic E-state index is 14.6. The van der Waals surface area contributed by atoms with Gasteiger partial charge in [0.25, 0.3) is 0 Å². The van der Waals surface area contributed by atoms with Gasteiger partial charge in [-0.05, 0) is 61.1 Å². The van der Waals surface area contributed by atoms with Crippen LogP contribution in [-0.2, 0) is 0 Å². The van der Waals surface area contributed by atoms with Crippen LogP contribution in [0.2, 0.25) is 0 Å². The van der Waals surface area contributed by atoms with E-state index in [2.05, 4.69) is 4.98 Å². The number of ketones is 1. The largest absolute Gasteiger partial charge is 0.441 e. The molecule has 2 aromatic carbocycles. The molecule has 0 saturated heterocycles. The van der Waals surface area contributed by atoms with Crippen molar-refractivity contribution in [1.29, 1.82) is 0 Å². The number of hydrogen-bond acceptors (Lipinski definition) is 3. The van der Waals surface area contributed by atoms with Gasteiger partial charge in [0.15, 0.2) is 5.78 Å². The van der Waals surface area contributed by atoms with Crippen LogP contribution in [0, 0.1) is 18.7 Å². The Bertz CT molecular complexity index is 1030. The minimum Gasteiger partial charge on any atom is -0.441 e. The van der Waals surface area contributed by atoms with Gasteiger partial charge in [-0.25, -0.2) is 9.37 Å². The quantitative estimate of drug-likeness (QED) is 0.457. The Morgan fingerprint density at radius 3 is 2.61 bits per heavy atom. The molecule has 0 N–H and O–H groups in total. The zero-order valence-electron chi connectivity index (χ0n) is 16.5. The Morgan fingerprint density at radius 1 is 1.18 bits per heavy atom. The Kier molecular flexibility index (Phi) is 4.88. The third-order valence-electron chi connectivity index (χ3n) is 5.03. The van der Waals surface area contributed by atoms with Gasteiger partial charge >= 0.3 is 0 Å². The number of Topliss-reactive ketones (excluding diaryl/α,β-unsaturated/α-hetero) is 1. The molecule has 28 heavy (non-hydrogen) atoms. The molecular formula is C24H24FNO2. The van der Waals surface area contributed by atoms with Crippen molar-refractivity contribution in [3.8, 4) is 22.6 Å². The second kappa shape index (κ2) is 7.34. The summed E-state index contributed by atoms with van der Waals surface area (Å²) in [6.07, 6.45) is 4.46. The maximum atomic E-state index is 14.6. The van der Waals surface area contributed by atoms with E-state index in [1.54, 1.807) is 18.3 Å². The van der Waals surface area contributed by atoms with Gasteiger partial charge in [-0.3, -0.25) is 4.79 Å². The number of benzene rings is 2. The molecule has 1 aliphatic rings. The van der Waals surface area contributed by atoms with Crippen molar-refractivity contribution in [2.75, 3.05) is 0 Å². The molecule has 0 amide bonds. The van der Waals surface area contributed by atoms with Gasteiger partial charge in [0.2, 0.25) is 5.89 Å². The van der Waals surface area contributed by atoms with E-state index in [9.17, 15) is 9.18 Å². The topological polar surface area (TPSA) is 43.1 Å². The molecule has 0 bridgehead atoms. The normalized spacial score (nSPS) is 13.9. The summed E-state index contributed by atoms with van der Waals surface area (Å²) >= 11 is 0. The molecule has 0 radical (unpaired) electrons. The first kappa shape index (κ1) is 18.6. The first-order valence-electron chi connectivity index (χ1n) is 9.81. The summed E-state index contributed by atoms with van der Waals surface area (Å²) < 4.78 is 20.5. The van der Waals surface area contributed by atoms with Crippen LogP contribution in [0.3, 0.4) is 0 Å². The summed E-state index contributed by atoms with van der Waals surface area (Å²) in [4.78, 5) is 17.1. The molecule has 1 aromatic heterocycles. The van der Waals surface area contributed by atoms with Gasteiger partial charge < -0.3 is 4.42 Å². The van der Waals surface area contributed by atoms with E-state index in [0.29, 0.717) is 40.5 Å². The van der Waals surface area contributed by atoms with Crippen molar-refractivity contribution < 1.29 is 13.6 Å². The highest BCUT2D eigenvalue weighted by molar-refractivity contribution is 5.98. The van der Waals surface area contributed by atoms with Gasteiger partial charge in [0.1, 0.15) is 11.6 Å². The van der Waals surface area contributed by atoms with Gasteiger partial charge in [0, 0.05) is 29.0 Å². The van der Waals surface area contributed by atoms with Gasteiger partial charge in [-0.2, -0.15) is 0 Å².